The SMILES string of the molecule is COC(=O)c1cc(C)sc1NC(=O)CSc1nnc(-c2ccc(C)cc2)n1C. The summed E-state index contributed by atoms with van der Waals surface area (Å²) in [5.41, 5.74) is 2.50. The van der Waals surface area contributed by atoms with Crippen LogP contribution in [0.25, 0.3) is 11.4 Å². The summed E-state index contributed by atoms with van der Waals surface area (Å²) in [6.45, 7) is 3.90. The molecule has 2 aromatic heterocycles. The normalized spacial score (nSPS) is 10.7. The van der Waals surface area contributed by atoms with Gasteiger partial charge in [0.2, 0.25) is 5.91 Å². The van der Waals surface area contributed by atoms with E-state index in [0.29, 0.717) is 15.7 Å². The molecule has 0 aliphatic carbocycles. The fourth-order valence-corrected chi connectivity index (χ4v) is 4.18. The third-order valence-corrected chi connectivity index (χ3v) is 5.98. The maximum atomic E-state index is 12.3. The molecular weight excluding hydrogens is 396 g/mol. The van der Waals surface area contributed by atoms with Gasteiger partial charge in [0, 0.05) is 17.5 Å². The Labute approximate surface area is 171 Å². The number of hydrogen-bond acceptors (Lipinski definition) is 7. The summed E-state index contributed by atoms with van der Waals surface area (Å²) in [4.78, 5) is 25.1. The quantitative estimate of drug-likeness (QED) is 0.487. The number of anilines is 1. The Morgan fingerprint density at radius 1 is 1.21 bits per heavy atom. The number of nitrogens with one attached hydrogen (secondary N) is 1. The highest BCUT2D eigenvalue weighted by Crippen LogP contribution is 2.29. The van der Waals surface area contributed by atoms with Gasteiger partial charge in [-0.3, -0.25) is 4.79 Å². The molecule has 0 fully saturated rings. The number of aromatic nitrogens is 3. The van der Waals surface area contributed by atoms with Crippen LogP contribution in [0.1, 0.15) is 20.8 Å². The standard InChI is InChI=1S/C19H20N4O3S2/c1-11-5-7-13(8-6-11)16-21-22-19(23(16)3)27-10-15(24)20-17-14(18(25)26-4)9-12(2)28-17/h5-9H,10H2,1-4H3,(H,20,24). The summed E-state index contributed by atoms with van der Waals surface area (Å²) in [5, 5.41) is 12.3. The number of hydrogen-bond donors (Lipinski definition) is 1. The zero-order valence-corrected chi connectivity index (χ0v) is 17.6. The lowest BCUT2D eigenvalue weighted by Crippen LogP contribution is -2.16. The van der Waals surface area contributed by atoms with E-state index >= 15 is 0 Å². The van der Waals surface area contributed by atoms with Gasteiger partial charge in [-0.15, -0.1) is 21.5 Å². The van der Waals surface area contributed by atoms with Crippen LogP contribution >= 0.6 is 23.1 Å². The Balaban J connectivity index is 1.66. The van der Waals surface area contributed by atoms with Crippen LogP contribution < -0.4 is 5.32 Å². The van der Waals surface area contributed by atoms with Crippen molar-refractivity contribution in [2.45, 2.75) is 19.0 Å². The Morgan fingerprint density at radius 2 is 1.93 bits per heavy atom. The molecule has 3 aromatic rings. The van der Waals surface area contributed by atoms with Crippen molar-refractivity contribution in [2.75, 3.05) is 18.2 Å². The van der Waals surface area contributed by atoms with E-state index in [1.165, 1.54) is 35.8 Å². The average Bonchev–Trinajstić information content (AvgIpc) is 3.22. The van der Waals surface area contributed by atoms with Crippen molar-refractivity contribution in [2.24, 2.45) is 7.05 Å². The van der Waals surface area contributed by atoms with Crippen molar-refractivity contribution >= 4 is 40.0 Å². The van der Waals surface area contributed by atoms with Crippen molar-refractivity contribution in [3.63, 3.8) is 0 Å². The fraction of sp³-hybridized carbons (Fsp3) is 0.263. The van der Waals surface area contributed by atoms with E-state index in [0.717, 1.165) is 16.3 Å². The highest BCUT2D eigenvalue weighted by molar-refractivity contribution is 7.99. The maximum absolute atomic E-state index is 12.3. The van der Waals surface area contributed by atoms with Crippen LogP contribution in [0.15, 0.2) is 35.5 Å². The van der Waals surface area contributed by atoms with Gasteiger partial charge in [-0.05, 0) is 19.9 Å². The first-order valence-corrected chi connectivity index (χ1v) is 10.3. The molecule has 146 valence electrons. The number of carbonyl (C=O) groups is 2. The van der Waals surface area contributed by atoms with Gasteiger partial charge < -0.3 is 14.6 Å². The Kier molecular flexibility index (Phi) is 6.15. The van der Waals surface area contributed by atoms with Gasteiger partial charge in [-0.2, -0.15) is 0 Å². The second kappa shape index (κ2) is 8.57. The molecule has 9 heteroatoms. The third-order valence-electron chi connectivity index (χ3n) is 3.99. The molecule has 1 aromatic carbocycles. The Morgan fingerprint density at radius 3 is 2.61 bits per heavy atom. The van der Waals surface area contributed by atoms with Crippen molar-refractivity contribution in [1.82, 2.24) is 14.8 Å². The second-order valence-corrected chi connectivity index (χ2v) is 8.36. The molecule has 0 radical (unpaired) electrons. The number of aryl methyl sites for hydroxylation is 2. The van der Waals surface area contributed by atoms with Crippen LogP contribution in [0.5, 0.6) is 0 Å². The first-order valence-electron chi connectivity index (χ1n) is 8.47. The molecule has 28 heavy (non-hydrogen) atoms. The van der Waals surface area contributed by atoms with Crippen LogP contribution in [-0.4, -0.2) is 39.5 Å². The Bertz CT molecular complexity index is 1010. The highest BCUT2D eigenvalue weighted by atomic mass is 32.2. The molecular formula is C19H20N4O3S2. The smallest absolute Gasteiger partial charge is 0.340 e. The fourth-order valence-electron chi connectivity index (χ4n) is 2.56. The lowest BCUT2D eigenvalue weighted by Gasteiger charge is -2.06. The predicted molar refractivity (Wildman–Crippen MR) is 111 cm³/mol. The zero-order valence-electron chi connectivity index (χ0n) is 16.0. The van der Waals surface area contributed by atoms with E-state index in [4.69, 9.17) is 4.74 Å². The molecule has 0 spiro atoms. The van der Waals surface area contributed by atoms with Gasteiger partial charge in [-0.25, -0.2) is 4.79 Å². The number of carbonyl (C=O) groups excluding carboxylic acids is 2. The number of thiophene rings is 1. The molecule has 0 unspecified atom stereocenters. The van der Waals surface area contributed by atoms with Gasteiger partial charge in [0.1, 0.15) is 5.00 Å². The van der Waals surface area contributed by atoms with Gasteiger partial charge in [0.25, 0.3) is 0 Å². The minimum Gasteiger partial charge on any atom is -0.465 e. The number of methoxy groups -OCH3 is 1. The molecule has 3 rings (SSSR count). The number of ether oxygens (including phenoxy) is 1. The van der Waals surface area contributed by atoms with Crippen molar-refractivity contribution in [1.29, 1.82) is 0 Å². The summed E-state index contributed by atoms with van der Waals surface area (Å²) in [6, 6.07) is 9.73. The molecule has 1 N–H and O–H groups in total. The molecule has 0 saturated carbocycles. The molecule has 0 aliphatic rings. The van der Waals surface area contributed by atoms with E-state index in [1.807, 2.05) is 49.7 Å². The molecule has 0 bridgehead atoms. The molecule has 0 aliphatic heterocycles. The number of rotatable bonds is 6. The summed E-state index contributed by atoms with van der Waals surface area (Å²) in [7, 11) is 3.18. The minimum absolute atomic E-state index is 0.150. The number of benzene rings is 1. The van der Waals surface area contributed by atoms with Gasteiger partial charge in [0.05, 0.1) is 18.4 Å². The molecule has 2 heterocycles. The first kappa shape index (κ1) is 20.1. The van der Waals surface area contributed by atoms with E-state index in [2.05, 4.69) is 15.5 Å². The largest absolute Gasteiger partial charge is 0.465 e. The van der Waals surface area contributed by atoms with Gasteiger partial charge in [0.15, 0.2) is 11.0 Å². The highest BCUT2D eigenvalue weighted by Gasteiger charge is 2.18. The minimum atomic E-state index is -0.469. The van der Waals surface area contributed by atoms with E-state index in [9.17, 15) is 9.59 Å². The summed E-state index contributed by atoms with van der Waals surface area (Å²) in [6.07, 6.45) is 0. The number of thioether (sulfide) groups is 1. The lowest BCUT2D eigenvalue weighted by atomic mass is 10.1. The average molecular weight is 417 g/mol. The van der Waals surface area contributed by atoms with Crippen molar-refractivity contribution < 1.29 is 14.3 Å². The van der Waals surface area contributed by atoms with Crippen LogP contribution in [-0.2, 0) is 16.6 Å². The second-order valence-electron chi connectivity index (χ2n) is 6.16. The molecule has 1 amide bonds. The van der Waals surface area contributed by atoms with E-state index < -0.39 is 5.97 Å². The number of amides is 1. The summed E-state index contributed by atoms with van der Waals surface area (Å²) < 4.78 is 6.62. The number of esters is 1. The van der Waals surface area contributed by atoms with Crippen LogP contribution in [0.4, 0.5) is 5.00 Å². The lowest BCUT2D eigenvalue weighted by molar-refractivity contribution is -0.113. The monoisotopic (exact) mass is 416 g/mol. The zero-order chi connectivity index (χ0) is 20.3. The van der Waals surface area contributed by atoms with Crippen molar-refractivity contribution in [3.8, 4) is 11.4 Å². The van der Waals surface area contributed by atoms with Crippen LogP contribution in [0.2, 0.25) is 0 Å². The van der Waals surface area contributed by atoms with Gasteiger partial charge >= 0.3 is 5.97 Å². The predicted octanol–water partition coefficient (Wildman–Crippen LogP) is 3.68. The first-order chi connectivity index (χ1) is 13.4. The van der Waals surface area contributed by atoms with Crippen LogP contribution in [0, 0.1) is 13.8 Å². The summed E-state index contributed by atoms with van der Waals surface area (Å²) >= 11 is 2.62. The Hall–Kier alpha value is -2.65. The van der Waals surface area contributed by atoms with E-state index in [-0.39, 0.29) is 11.7 Å². The van der Waals surface area contributed by atoms with E-state index in [1.54, 1.807) is 6.07 Å². The summed E-state index contributed by atoms with van der Waals surface area (Å²) in [5.74, 6) is 0.197. The van der Waals surface area contributed by atoms with Gasteiger partial charge in [-0.1, -0.05) is 41.6 Å². The molecule has 0 saturated heterocycles. The third kappa shape index (κ3) is 4.42. The topological polar surface area (TPSA) is 86.1 Å². The van der Waals surface area contributed by atoms with Crippen molar-refractivity contribution in [3.05, 3.63) is 46.3 Å². The number of nitrogens with zero attached hydrogens (tertiary/aromatic N) is 3. The molecule has 7 nitrogen and oxygen atoms in total. The molecule has 0 atom stereocenters. The van der Waals surface area contributed by atoms with Crippen LogP contribution in [0.3, 0.4) is 0 Å². The maximum Gasteiger partial charge on any atom is 0.340 e.